The molecule has 2 aromatic rings. The molecule has 2 aromatic carbocycles. The zero-order chi connectivity index (χ0) is 14.4. The fraction of sp³-hybridized carbons (Fsp3) is 0.294. The molecule has 0 heterocycles. The van der Waals surface area contributed by atoms with Gasteiger partial charge in [0.1, 0.15) is 0 Å². The fourth-order valence-electron chi connectivity index (χ4n) is 2.06. The van der Waals surface area contributed by atoms with Gasteiger partial charge < -0.3 is 5.73 Å². The minimum absolute atomic E-state index is 0.0506. The van der Waals surface area contributed by atoms with Crippen LogP contribution in [-0.4, -0.2) is 5.75 Å². The predicted octanol–water partition coefficient (Wildman–Crippen LogP) is 5.08. The number of hydrogen-bond acceptors (Lipinski definition) is 2. The Kier molecular flexibility index (Phi) is 5.96. The summed E-state index contributed by atoms with van der Waals surface area (Å²) in [7, 11) is 0. The van der Waals surface area contributed by atoms with E-state index in [2.05, 4.69) is 37.3 Å². The van der Waals surface area contributed by atoms with Crippen molar-refractivity contribution in [2.75, 3.05) is 5.75 Å². The molecule has 0 fully saturated rings. The van der Waals surface area contributed by atoms with E-state index >= 15 is 0 Å². The van der Waals surface area contributed by atoms with Crippen LogP contribution in [0.25, 0.3) is 0 Å². The second-order valence-electron chi connectivity index (χ2n) is 4.87. The Bertz CT molecular complexity index is 539. The van der Waals surface area contributed by atoms with E-state index in [4.69, 9.17) is 17.3 Å². The fourth-order valence-corrected chi connectivity index (χ4v) is 3.26. The predicted molar refractivity (Wildman–Crippen MR) is 89.5 cm³/mol. The number of hydrogen-bond donors (Lipinski definition) is 1. The first-order valence-electron chi connectivity index (χ1n) is 6.92. The van der Waals surface area contributed by atoms with E-state index in [9.17, 15) is 0 Å². The zero-order valence-corrected chi connectivity index (χ0v) is 13.3. The maximum Gasteiger partial charge on any atom is 0.0417 e. The molecule has 0 radical (unpaired) electrons. The molecular formula is C17H20ClNS. The molecule has 0 bridgehead atoms. The molecule has 0 aliphatic rings. The lowest BCUT2D eigenvalue weighted by atomic mass is 10.0. The largest absolute Gasteiger partial charge is 0.323 e. The summed E-state index contributed by atoms with van der Waals surface area (Å²) < 4.78 is 0. The van der Waals surface area contributed by atoms with Crippen molar-refractivity contribution in [2.45, 2.75) is 30.7 Å². The molecule has 0 aliphatic heterocycles. The quantitative estimate of drug-likeness (QED) is 0.753. The summed E-state index contributed by atoms with van der Waals surface area (Å²) in [5, 5.41) is 0.771. The van der Waals surface area contributed by atoms with Crippen LogP contribution >= 0.6 is 23.4 Å². The number of halogens is 1. The molecule has 2 N–H and O–H groups in total. The highest BCUT2D eigenvalue weighted by Crippen LogP contribution is 2.25. The molecule has 2 rings (SSSR count). The van der Waals surface area contributed by atoms with E-state index in [-0.39, 0.29) is 6.04 Å². The number of aryl methyl sites for hydroxylation is 1. The first-order chi connectivity index (χ1) is 9.69. The number of nitrogens with two attached hydrogens (primary N) is 1. The Hall–Kier alpha value is -0.960. The molecule has 1 nitrogen and oxygen atoms in total. The van der Waals surface area contributed by atoms with Crippen LogP contribution in [-0.2, 0) is 6.42 Å². The van der Waals surface area contributed by atoms with Gasteiger partial charge in [-0.25, -0.2) is 0 Å². The highest BCUT2D eigenvalue weighted by molar-refractivity contribution is 7.99. The van der Waals surface area contributed by atoms with Crippen LogP contribution in [0.1, 0.15) is 30.5 Å². The van der Waals surface area contributed by atoms with Crippen molar-refractivity contribution in [2.24, 2.45) is 5.73 Å². The molecule has 1 unspecified atom stereocenters. The average molecular weight is 306 g/mol. The summed E-state index contributed by atoms with van der Waals surface area (Å²) in [4.78, 5) is 1.16. The van der Waals surface area contributed by atoms with Crippen LogP contribution in [0.3, 0.4) is 0 Å². The van der Waals surface area contributed by atoms with Crippen molar-refractivity contribution in [3.8, 4) is 0 Å². The van der Waals surface area contributed by atoms with Crippen LogP contribution in [0, 0.1) is 0 Å². The van der Waals surface area contributed by atoms with Crippen LogP contribution in [0.5, 0.6) is 0 Å². The lowest BCUT2D eigenvalue weighted by molar-refractivity contribution is 0.828. The highest BCUT2D eigenvalue weighted by atomic mass is 35.5. The first kappa shape index (κ1) is 15.4. The van der Waals surface area contributed by atoms with Crippen molar-refractivity contribution in [1.29, 1.82) is 0 Å². The maximum atomic E-state index is 6.25. The van der Waals surface area contributed by atoms with Gasteiger partial charge in [-0.3, -0.25) is 0 Å². The van der Waals surface area contributed by atoms with Crippen LogP contribution in [0.15, 0.2) is 53.4 Å². The molecule has 20 heavy (non-hydrogen) atoms. The molecule has 0 aliphatic carbocycles. The zero-order valence-electron chi connectivity index (χ0n) is 11.7. The SMILES string of the molecule is CCCc1ccc(C(N)CSc2cccc(Cl)c2)cc1. The van der Waals surface area contributed by atoms with Crippen molar-refractivity contribution >= 4 is 23.4 Å². The summed E-state index contributed by atoms with van der Waals surface area (Å²) in [6.45, 7) is 2.20. The molecule has 0 saturated heterocycles. The molecule has 1 atom stereocenters. The summed E-state index contributed by atoms with van der Waals surface area (Å²) in [6, 6.07) is 16.6. The second kappa shape index (κ2) is 7.72. The van der Waals surface area contributed by atoms with Gasteiger partial charge in [-0.15, -0.1) is 11.8 Å². The lowest BCUT2D eigenvalue weighted by Crippen LogP contribution is -2.12. The van der Waals surface area contributed by atoms with E-state index < -0.39 is 0 Å². The monoisotopic (exact) mass is 305 g/mol. The topological polar surface area (TPSA) is 26.0 Å². The summed E-state index contributed by atoms with van der Waals surface area (Å²) in [5.74, 6) is 0.855. The van der Waals surface area contributed by atoms with Crippen molar-refractivity contribution in [3.63, 3.8) is 0 Å². The number of benzene rings is 2. The van der Waals surface area contributed by atoms with Gasteiger partial charge in [0.25, 0.3) is 0 Å². The third kappa shape index (κ3) is 4.55. The van der Waals surface area contributed by atoms with Gasteiger partial charge in [0.2, 0.25) is 0 Å². The van der Waals surface area contributed by atoms with Crippen LogP contribution < -0.4 is 5.73 Å². The normalized spacial score (nSPS) is 12.3. The molecule has 0 amide bonds. The van der Waals surface area contributed by atoms with E-state index in [0.717, 1.165) is 22.1 Å². The summed E-state index contributed by atoms with van der Waals surface area (Å²) >= 11 is 7.72. The number of thioether (sulfide) groups is 1. The van der Waals surface area contributed by atoms with E-state index in [1.54, 1.807) is 11.8 Å². The highest BCUT2D eigenvalue weighted by Gasteiger charge is 2.07. The summed E-state index contributed by atoms with van der Waals surface area (Å²) in [5.41, 5.74) is 8.83. The van der Waals surface area contributed by atoms with E-state index in [0.29, 0.717) is 0 Å². The second-order valence-corrected chi connectivity index (χ2v) is 6.40. The smallest absolute Gasteiger partial charge is 0.0417 e. The summed E-state index contributed by atoms with van der Waals surface area (Å²) in [6.07, 6.45) is 2.31. The van der Waals surface area contributed by atoms with Gasteiger partial charge >= 0.3 is 0 Å². The molecular weight excluding hydrogens is 286 g/mol. The Labute approximate surface area is 130 Å². The van der Waals surface area contributed by atoms with E-state index in [1.807, 2.05) is 18.2 Å². The van der Waals surface area contributed by atoms with Gasteiger partial charge in [0.05, 0.1) is 0 Å². The Balaban J connectivity index is 1.92. The standard InChI is InChI=1S/C17H20ClNS/c1-2-4-13-7-9-14(10-8-13)17(19)12-20-16-6-3-5-15(18)11-16/h3,5-11,17H,2,4,12,19H2,1H3. The van der Waals surface area contributed by atoms with E-state index in [1.165, 1.54) is 17.5 Å². The van der Waals surface area contributed by atoms with Gasteiger partial charge in [-0.05, 0) is 35.7 Å². The Morgan fingerprint density at radius 3 is 2.55 bits per heavy atom. The van der Waals surface area contributed by atoms with Crippen LogP contribution in [0.2, 0.25) is 5.02 Å². The molecule has 0 spiro atoms. The Morgan fingerprint density at radius 2 is 1.90 bits per heavy atom. The Morgan fingerprint density at radius 1 is 1.15 bits per heavy atom. The third-order valence-electron chi connectivity index (χ3n) is 3.17. The third-order valence-corrected chi connectivity index (χ3v) is 4.52. The van der Waals surface area contributed by atoms with Crippen molar-refractivity contribution in [1.82, 2.24) is 0 Å². The number of rotatable bonds is 6. The van der Waals surface area contributed by atoms with Gasteiger partial charge in [0.15, 0.2) is 0 Å². The minimum Gasteiger partial charge on any atom is -0.323 e. The average Bonchev–Trinajstić information content (AvgIpc) is 2.46. The van der Waals surface area contributed by atoms with Crippen molar-refractivity contribution < 1.29 is 0 Å². The molecule has 3 heteroatoms. The minimum atomic E-state index is 0.0506. The molecule has 0 aromatic heterocycles. The van der Waals surface area contributed by atoms with Crippen molar-refractivity contribution in [3.05, 3.63) is 64.7 Å². The van der Waals surface area contributed by atoms with Gasteiger partial charge in [-0.2, -0.15) is 0 Å². The van der Waals surface area contributed by atoms with Gasteiger partial charge in [-0.1, -0.05) is 55.3 Å². The van der Waals surface area contributed by atoms with Crippen LogP contribution in [0.4, 0.5) is 0 Å². The molecule has 106 valence electrons. The van der Waals surface area contributed by atoms with Gasteiger partial charge in [0, 0.05) is 21.7 Å². The first-order valence-corrected chi connectivity index (χ1v) is 8.28. The lowest BCUT2D eigenvalue weighted by Gasteiger charge is -2.12. The maximum absolute atomic E-state index is 6.25. The molecule has 0 saturated carbocycles.